The molecule has 3 aromatic rings. The minimum absolute atomic E-state index is 0.529. The van der Waals surface area contributed by atoms with Gasteiger partial charge in [0.25, 0.3) is 0 Å². The lowest BCUT2D eigenvalue weighted by molar-refractivity contribution is 0.479. The van der Waals surface area contributed by atoms with Gasteiger partial charge in [0.05, 0.1) is 18.3 Å². The van der Waals surface area contributed by atoms with Gasteiger partial charge < -0.3 is 15.5 Å². The Morgan fingerprint density at radius 2 is 2.10 bits per heavy atom. The topological polar surface area (TPSA) is 77.0 Å². The minimum Gasteiger partial charge on any atom is -0.444 e. The van der Waals surface area contributed by atoms with Crippen LogP contribution in [0.4, 0.5) is 11.4 Å². The van der Waals surface area contributed by atoms with Gasteiger partial charge in [0.2, 0.25) is 5.89 Å². The molecule has 0 saturated heterocycles. The first-order valence-electron chi connectivity index (χ1n) is 6.44. The fourth-order valence-electron chi connectivity index (χ4n) is 2.18. The highest BCUT2D eigenvalue weighted by Gasteiger charge is 2.06. The molecule has 102 valence electrons. The van der Waals surface area contributed by atoms with E-state index in [1.807, 2.05) is 38.1 Å². The number of nitrogen functional groups attached to an aromatic ring is 1. The van der Waals surface area contributed by atoms with Gasteiger partial charge in [0.15, 0.2) is 0 Å². The Kier molecular flexibility index (Phi) is 3.02. The standard InChI is InChI=1S/C15H16N4O/c1-9-5-14(17-8-15-18-7-10(2)20-15)12-6-11(16)3-4-13(12)19-9/h3-7H,8,16H2,1-2H3,(H,17,19). The number of nitrogens with zero attached hydrogens (tertiary/aromatic N) is 2. The molecule has 5 nitrogen and oxygen atoms in total. The number of anilines is 2. The van der Waals surface area contributed by atoms with E-state index in [4.69, 9.17) is 10.2 Å². The molecule has 0 bridgehead atoms. The number of hydrogen-bond donors (Lipinski definition) is 2. The summed E-state index contributed by atoms with van der Waals surface area (Å²) in [7, 11) is 0. The van der Waals surface area contributed by atoms with E-state index in [-0.39, 0.29) is 0 Å². The van der Waals surface area contributed by atoms with Crippen LogP contribution in [0.15, 0.2) is 34.9 Å². The molecule has 3 rings (SSSR count). The van der Waals surface area contributed by atoms with Crippen LogP contribution in [0.2, 0.25) is 0 Å². The van der Waals surface area contributed by atoms with Crippen LogP contribution in [-0.4, -0.2) is 9.97 Å². The monoisotopic (exact) mass is 268 g/mol. The maximum Gasteiger partial charge on any atom is 0.213 e. The molecule has 0 aliphatic carbocycles. The summed E-state index contributed by atoms with van der Waals surface area (Å²) in [6.45, 7) is 4.38. The number of oxazole rings is 1. The molecular weight excluding hydrogens is 252 g/mol. The average molecular weight is 268 g/mol. The Labute approximate surface area is 116 Å². The molecule has 0 spiro atoms. The van der Waals surface area contributed by atoms with Crippen molar-refractivity contribution < 1.29 is 4.42 Å². The lowest BCUT2D eigenvalue weighted by atomic mass is 10.1. The third kappa shape index (κ3) is 2.42. The van der Waals surface area contributed by atoms with E-state index in [2.05, 4.69) is 15.3 Å². The Bertz CT molecular complexity index is 764. The Balaban J connectivity index is 1.95. The second-order valence-corrected chi connectivity index (χ2v) is 4.81. The molecule has 2 heterocycles. The van der Waals surface area contributed by atoms with Gasteiger partial charge in [-0.25, -0.2) is 4.98 Å². The van der Waals surface area contributed by atoms with Crippen molar-refractivity contribution in [2.24, 2.45) is 0 Å². The molecule has 0 atom stereocenters. The summed E-state index contributed by atoms with van der Waals surface area (Å²) in [6.07, 6.45) is 1.71. The second kappa shape index (κ2) is 4.85. The number of benzene rings is 1. The van der Waals surface area contributed by atoms with Crippen molar-refractivity contribution in [1.82, 2.24) is 9.97 Å². The van der Waals surface area contributed by atoms with Crippen LogP contribution in [-0.2, 0) is 6.54 Å². The summed E-state index contributed by atoms with van der Waals surface area (Å²) in [4.78, 5) is 8.68. The van der Waals surface area contributed by atoms with Gasteiger partial charge >= 0.3 is 0 Å². The predicted octanol–water partition coefficient (Wildman–Crippen LogP) is 3.03. The number of nitrogens with one attached hydrogen (secondary N) is 1. The van der Waals surface area contributed by atoms with Gasteiger partial charge in [-0.05, 0) is 38.1 Å². The summed E-state index contributed by atoms with van der Waals surface area (Å²) in [5, 5.41) is 4.33. The zero-order valence-electron chi connectivity index (χ0n) is 11.5. The Morgan fingerprint density at radius 3 is 2.85 bits per heavy atom. The van der Waals surface area contributed by atoms with Gasteiger partial charge in [-0.2, -0.15) is 0 Å². The first-order chi connectivity index (χ1) is 9.61. The average Bonchev–Trinajstić information content (AvgIpc) is 2.82. The fraction of sp³-hybridized carbons (Fsp3) is 0.200. The zero-order valence-corrected chi connectivity index (χ0v) is 11.5. The minimum atomic E-state index is 0.529. The third-order valence-electron chi connectivity index (χ3n) is 3.06. The number of hydrogen-bond acceptors (Lipinski definition) is 5. The van der Waals surface area contributed by atoms with E-state index in [0.717, 1.165) is 33.7 Å². The number of nitrogens with two attached hydrogens (primary N) is 1. The summed E-state index contributed by atoms with van der Waals surface area (Å²) in [6, 6.07) is 7.70. The lowest BCUT2D eigenvalue weighted by Crippen LogP contribution is -2.02. The van der Waals surface area contributed by atoms with E-state index in [0.29, 0.717) is 12.4 Å². The van der Waals surface area contributed by atoms with E-state index < -0.39 is 0 Å². The Hall–Kier alpha value is -2.56. The van der Waals surface area contributed by atoms with Crippen molar-refractivity contribution in [1.29, 1.82) is 0 Å². The number of aromatic nitrogens is 2. The second-order valence-electron chi connectivity index (χ2n) is 4.81. The number of fused-ring (bicyclic) bond motifs is 1. The first kappa shape index (κ1) is 12.5. The van der Waals surface area contributed by atoms with Crippen LogP contribution in [0.1, 0.15) is 17.3 Å². The van der Waals surface area contributed by atoms with Crippen LogP contribution in [0.5, 0.6) is 0 Å². The van der Waals surface area contributed by atoms with Crippen LogP contribution in [0.25, 0.3) is 10.9 Å². The van der Waals surface area contributed by atoms with Crippen molar-refractivity contribution >= 4 is 22.3 Å². The maximum absolute atomic E-state index is 5.86. The molecule has 0 fully saturated rings. The molecule has 5 heteroatoms. The SMILES string of the molecule is Cc1cc(NCc2ncc(C)o2)c2cc(N)ccc2n1. The Morgan fingerprint density at radius 1 is 1.25 bits per heavy atom. The number of pyridine rings is 1. The maximum atomic E-state index is 5.86. The number of aryl methyl sites for hydroxylation is 2. The van der Waals surface area contributed by atoms with Crippen molar-refractivity contribution in [3.05, 3.63) is 47.8 Å². The van der Waals surface area contributed by atoms with Gasteiger partial charge in [0, 0.05) is 22.5 Å². The van der Waals surface area contributed by atoms with E-state index >= 15 is 0 Å². The van der Waals surface area contributed by atoms with Crippen LogP contribution in [0, 0.1) is 13.8 Å². The molecular formula is C15H16N4O. The van der Waals surface area contributed by atoms with Crippen LogP contribution < -0.4 is 11.1 Å². The van der Waals surface area contributed by atoms with Crippen molar-refractivity contribution in [2.45, 2.75) is 20.4 Å². The van der Waals surface area contributed by atoms with Crippen molar-refractivity contribution in [3.8, 4) is 0 Å². The first-order valence-corrected chi connectivity index (χ1v) is 6.44. The van der Waals surface area contributed by atoms with Gasteiger partial charge in [-0.15, -0.1) is 0 Å². The largest absolute Gasteiger partial charge is 0.444 e. The molecule has 2 aromatic heterocycles. The predicted molar refractivity (Wildman–Crippen MR) is 79.5 cm³/mol. The van der Waals surface area contributed by atoms with Gasteiger partial charge in [-0.3, -0.25) is 4.98 Å². The smallest absolute Gasteiger partial charge is 0.213 e. The van der Waals surface area contributed by atoms with Crippen molar-refractivity contribution in [2.75, 3.05) is 11.1 Å². The molecule has 0 aliphatic heterocycles. The highest BCUT2D eigenvalue weighted by atomic mass is 16.4. The quantitative estimate of drug-likeness (QED) is 0.714. The van der Waals surface area contributed by atoms with Gasteiger partial charge in [-0.1, -0.05) is 0 Å². The van der Waals surface area contributed by atoms with Crippen LogP contribution in [0.3, 0.4) is 0 Å². The van der Waals surface area contributed by atoms with Crippen molar-refractivity contribution in [3.63, 3.8) is 0 Å². The lowest BCUT2D eigenvalue weighted by Gasteiger charge is -2.10. The molecule has 20 heavy (non-hydrogen) atoms. The van der Waals surface area contributed by atoms with Gasteiger partial charge in [0.1, 0.15) is 5.76 Å². The normalized spacial score (nSPS) is 10.9. The molecule has 3 N–H and O–H groups in total. The fourth-order valence-corrected chi connectivity index (χ4v) is 2.18. The summed E-state index contributed by atoms with van der Waals surface area (Å²) < 4.78 is 5.46. The van der Waals surface area contributed by atoms with E-state index in [9.17, 15) is 0 Å². The summed E-state index contributed by atoms with van der Waals surface area (Å²) >= 11 is 0. The number of rotatable bonds is 3. The van der Waals surface area contributed by atoms with E-state index in [1.165, 1.54) is 0 Å². The molecule has 0 amide bonds. The molecule has 1 aromatic carbocycles. The molecule has 0 saturated carbocycles. The van der Waals surface area contributed by atoms with E-state index in [1.54, 1.807) is 6.20 Å². The molecule has 0 aliphatic rings. The van der Waals surface area contributed by atoms with Crippen LogP contribution >= 0.6 is 0 Å². The summed E-state index contributed by atoms with van der Waals surface area (Å²) in [5.74, 6) is 1.47. The molecule has 0 radical (unpaired) electrons. The summed E-state index contributed by atoms with van der Waals surface area (Å²) in [5.41, 5.74) is 9.43. The zero-order chi connectivity index (χ0) is 14.1. The highest BCUT2D eigenvalue weighted by molar-refractivity contribution is 5.93. The highest BCUT2D eigenvalue weighted by Crippen LogP contribution is 2.25. The molecule has 0 unspecified atom stereocenters. The third-order valence-corrected chi connectivity index (χ3v) is 3.06.